The molecule has 2 atom stereocenters. The maximum absolute atomic E-state index is 13.9. The number of nitrogens with one attached hydrogen (secondary N) is 2. The number of anilines is 1. The van der Waals surface area contributed by atoms with Crippen LogP contribution in [0, 0.1) is 11.7 Å². The van der Waals surface area contributed by atoms with Gasteiger partial charge in [-0.1, -0.05) is 12.1 Å². The van der Waals surface area contributed by atoms with E-state index in [-0.39, 0.29) is 24.7 Å². The van der Waals surface area contributed by atoms with Crippen molar-refractivity contribution >= 4 is 29.5 Å². The Morgan fingerprint density at radius 1 is 1.22 bits per heavy atom. The van der Waals surface area contributed by atoms with Crippen LogP contribution < -0.4 is 15.5 Å². The zero-order chi connectivity index (χ0) is 20.1. The molecule has 1 aliphatic rings. The van der Waals surface area contributed by atoms with Gasteiger partial charge in [-0.2, -0.15) is 0 Å². The van der Waals surface area contributed by atoms with E-state index >= 15 is 0 Å². The van der Waals surface area contributed by atoms with Crippen LogP contribution in [0.5, 0.6) is 0 Å². The highest BCUT2D eigenvalue weighted by Crippen LogP contribution is 2.28. The van der Waals surface area contributed by atoms with E-state index < -0.39 is 41.7 Å². The number of urea groups is 1. The summed E-state index contributed by atoms with van der Waals surface area (Å²) in [6.45, 7) is 4.74. The Balaban J connectivity index is 1.93. The van der Waals surface area contributed by atoms with Crippen molar-refractivity contribution in [1.82, 2.24) is 10.6 Å². The van der Waals surface area contributed by atoms with Crippen LogP contribution in [0.4, 0.5) is 14.9 Å². The standard InChI is InChI=1S/C18H22FN3O5/c1-10(2)20-18(26)21-16(24)11(3)27-17(25)12-8-15(23)22(9-12)14-7-5-4-6-13(14)19/h4-7,10-12H,8-9H2,1-3H3,(H2,20,21,24,26)/t11-,12+/m1/s1. The molecule has 0 bridgehead atoms. The third-order valence-electron chi connectivity index (χ3n) is 3.92. The van der Waals surface area contributed by atoms with Gasteiger partial charge in [-0.05, 0) is 32.9 Å². The lowest BCUT2D eigenvalue weighted by Gasteiger charge is -2.18. The maximum Gasteiger partial charge on any atom is 0.321 e. The van der Waals surface area contributed by atoms with Crippen molar-refractivity contribution in [2.75, 3.05) is 11.4 Å². The number of rotatable bonds is 5. The molecular weight excluding hydrogens is 357 g/mol. The van der Waals surface area contributed by atoms with Gasteiger partial charge < -0.3 is 15.0 Å². The lowest BCUT2D eigenvalue weighted by Crippen LogP contribution is -2.47. The molecule has 0 aliphatic carbocycles. The molecule has 2 rings (SSSR count). The van der Waals surface area contributed by atoms with Crippen molar-refractivity contribution in [3.8, 4) is 0 Å². The van der Waals surface area contributed by atoms with Gasteiger partial charge in [0.2, 0.25) is 5.91 Å². The minimum Gasteiger partial charge on any atom is -0.452 e. The number of amides is 4. The van der Waals surface area contributed by atoms with Gasteiger partial charge in [0.05, 0.1) is 11.6 Å². The Morgan fingerprint density at radius 2 is 1.89 bits per heavy atom. The predicted octanol–water partition coefficient (Wildman–Crippen LogP) is 1.34. The summed E-state index contributed by atoms with van der Waals surface area (Å²) in [4.78, 5) is 49.0. The third-order valence-corrected chi connectivity index (χ3v) is 3.92. The highest BCUT2D eigenvalue weighted by Gasteiger charge is 2.38. The van der Waals surface area contributed by atoms with Crippen LogP contribution in [0.3, 0.4) is 0 Å². The number of benzene rings is 1. The van der Waals surface area contributed by atoms with Gasteiger partial charge >= 0.3 is 12.0 Å². The third kappa shape index (κ3) is 5.25. The minimum absolute atomic E-state index is 0.0409. The molecule has 0 unspecified atom stereocenters. The van der Waals surface area contributed by atoms with Crippen molar-refractivity contribution in [3.05, 3.63) is 30.1 Å². The lowest BCUT2D eigenvalue weighted by molar-refractivity contribution is -0.158. The molecule has 1 aromatic rings. The van der Waals surface area contributed by atoms with Crippen molar-refractivity contribution in [3.63, 3.8) is 0 Å². The second-order valence-corrected chi connectivity index (χ2v) is 6.55. The Bertz CT molecular complexity index is 752. The molecule has 8 nitrogen and oxygen atoms in total. The predicted molar refractivity (Wildman–Crippen MR) is 94.2 cm³/mol. The van der Waals surface area contributed by atoms with Gasteiger partial charge in [0, 0.05) is 19.0 Å². The highest BCUT2D eigenvalue weighted by atomic mass is 19.1. The average molecular weight is 379 g/mol. The molecule has 146 valence electrons. The molecule has 1 aromatic carbocycles. The van der Waals surface area contributed by atoms with Crippen LogP contribution >= 0.6 is 0 Å². The van der Waals surface area contributed by atoms with Crippen molar-refractivity contribution < 1.29 is 28.3 Å². The van der Waals surface area contributed by atoms with Crippen LogP contribution in [0.25, 0.3) is 0 Å². The Kier molecular flexibility index (Phi) is 6.49. The number of carbonyl (C=O) groups is 4. The van der Waals surface area contributed by atoms with E-state index in [9.17, 15) is 23.6 Å². The number of hydrogen-bond donors (Lipinski definition) is 2. The van der Waals surface area contributed by atoms with Gasteiger partial charge in [0.25, 0.3) is 5.91 Å². The molecule has 27 heavy (non-hydrogen) atoms. The smallest absolute Gasteiger partial charge is 0.321 e. The Labute approximate surface area is 156 Å². The fraction of sp³-hybridized carbons (Fsp3) is 0.444. The van der Waals surface area contributed by atoms with E-state index in [4.69, 9.17) is 4.74 Å². The summed E-state index contributed by atoms with van der Waals surface area (Å²) in [7, 11) is 0. The van der Waals surface area contributed by atoms with Gasteiger partial charge in [-0.15, -0.1) is 0 Å². The molecule has 0 spiro atoms. The number of para-hydroxylation sites is 1. The van der Waals surface area contributed by atoms with Crippen LogP contribution in [-0.4, -0.2) is 42.5 Å². The first-order valence-electron chi connectivity index (χ1n) is 8.55. The van der Waals surface area contributed by atoms with Gasteiger partial charge in [0.1, 0.15) is 5.82 Å². The van der Waals surface area contributed by atoms with Crippen LogP contribution in [0.2, 0.25) is 0 Å². The largest absolute Gasteiger partial charge is 0.452 e. The van der Waals surface area contributed by atoms with E-state index in [1.807, 2.05) is 0 Å². The second kappa shape index (κ2) is 8.61. The number of esters is 1. The lowest BCUT2D eigenvalue weighted by atomic mass is 10.1. The van der Waals surface area contributed by atoms with E-state index in [0.717, 1.165) is 0 Å². The van der Waals surface area contributed by atoms with E-state index in [0.29, 0.717) is 0 Å². The molecule has 0 aromatic heterocycles. The van der Waals surface area contributed by atoms with Crippen molar-refractivity contribution in [2.45, 2.75) is 39.3 Å². The van der Waals surface area contributed by atoms with E-state index in [1.54, 1.807) is 19.9 Å². The first-order chi connectivity index (χ1) is 12.7. The van der Waals surface area contributed by atoms with Crippen molar-refractivity contribution in [1.29, 1.82) is 0 Å². The van der Waals surface area contributed by atoms with Gasteiger partial charge in [-0.25, -0.2) is 9.18 Å². The summed E-state index contributed by atoms with van der Waals surface area (Å²) in [6.07, 6.45) is -1.36. The van der Waals surface area contributed by atoms with E-state index in [2.05, 4.69) is 10.6 Å². The number of ether oxygens (including phenoxy) is 1. The first kappa shape index (κ1) is 20.3. The van der Waals surface area contributed by atoms with E-state index in [1.165, 1.54) is 30.0 Å². The van der Waals surface area contributed by atoms with Crippen LogP contribution in [0.1, 0.15) is 27.2 Å². The molecule has 1 heterocycles. The highest BCUT2D eigenvalue weighted by molar-refractivity contribution is 6.00. The monoisotopic (exact) mass is 379 g/mol. The summed E-state index contributed by atoms with van der Waals surface area (Å²) in [5, 5.41) is 4.54. The molecular formula is C18H22FN3O5. The summed E-state index contributed by atoms with van der Waals surface area (Å²) in [5.74, 6) is -3.33. The molecule has 1 fully saturated rings. The van der Waals surface area contributed by atoms with Crippen LogP contribution in [0.15, 0.2) is 24.3 Å². The summed E-state index contributed by atoms with van der Waals surface area (Å²) < 4.78 is 18.9. The second-order valence-electron chi connectivity index (χ2n) is 6.55. The zero-order valence-corrected chi connectivity index (χ0v) is 15.3. The number of hydrogen-bond acceptors (Lipinski definition) is 5. The topological polar surface area (TPSA) is 105 Å². The maximum atomic E-state index is 13.9. The summed E-state index contributed by atoms with van der Waals surface area (Å²) >= 11 is 0. The zero-order valence-electron chi connectivity index (χ0n) is 15.3. The molecule has 1 aliphatic heterocycles. The SMILES string of the molecule is CC(C)NC(=O)NC(=O)[C@@H](C)OC(=O)[C@H]1CC(=O)N(c2ccccc2F)C1. The quantitative estimate of drug-likeness (QED) is 0.752. The minimum atomic E-state index is -1.21. The summed E-state index contributed by atoms with van der Waals surface area (Å²) in [5.41, 5.74) is 0.0916. The average Bonchev–Trinajstić information content (AvgIpc) is 2.96. The molecule has 9 heteroatoms. The van der Waals surface area contributed by atoms with Gasteiger partial charge in [0.15, 0.2) is 6.10 Å². The van der Waals surface area contributed by atoms with Crippen molar-refractivity contribution in [2.24, 2.45) is 5.92 Å². The molecule has 2 N–H and O–H groups in total. The number of halogens is 1. The van der Waals surface area contributed by atoms with Gasteiger partial charge in [-0.3, -0.25) is 19.7 Å². The number of carbonyl (C=O) groups excluding carboxylic acids is 4. The molecule has 0 radical (unpaired) electrons. The fourth-order valence-electron chi connectivity index (χ4n) is 2.60. The molecule has 0 saturated carbocycles. The molecule has 4 amide bonds. The fourth-order valence-corrected chi connectivity index (χ4v) is 2.60. The molecule has 1 saturated heterocycles. The summed E-state index contributed by atoms with van der Waals surface area (Å²) in [6, 6.07) is 4.91. The normalized spacial score (nSPS) is 17.6. The Hall–Kier alpha value is -2.97. The number of nitrogens with zero attached hydrogens (tertiary/aromatic N) is 1. The van der Waals surface area contributed by atoms with Crippen LogP contribution in [-0.2, 0) is 19.1 Å². The Morgan fingerprint density at radius 3 is 2.52 bits per heavy atom. The first-order valence-corrected chi connectivity index (χ1v) is 8.55. The number of imide groups is 1.